The summed E-state index contributed by atoms with van der Waals surface area (Å²) < 4.78 is 0. The molecule has 1 aliphatic heterocycles. The average Bonchev–Trinajstić information content (AvgIpc) is 2.77. The Bertz CT molecular complexity index is 259. The van der Waals surface area contributed by atoms with Gasteiger partial charge in [0.15, 0.2) is 0 Å². The van der Waals surface area contributed by atoms with Crippen LogP contribution in [-0.2, 0) is 9.59 Å². The molecule has 0 atom stereocenters. The zero-order valence-electron chi connectivity index (χ0n) is 9.00. The van der Waals surface area contributed by atoms with Gasteiger partial charge in [0.25, 0.3) is 0 Å². The lowest BCUT2D eigenvalue weighted by molar-refractivity contribution is -0.122. The van der Waals surface area contributed by atoms with E-state index in [-0.39, 0.29) is 11.7 Å². The molecule has 1 aliphatic carbocycles. The number of hydrogen-bond donors (Lipinski definition) is 1. The van der Waals surface area contributed by atoms with E-state index < -0.39 is 0 Å². The molecule has 4 nitrogen and oxygen atoms in total. The molecule has 1 saturated heterocycles. The van der Waals surface area contributed by atoms with Crippen LogP contribution in [0.15, 0.2) is 0 Å². The maximum absolute atomic E-state index is 11.6. The summed E-state index contributed by atoms with van der Waals surface area (Å²) in [6.07, 6.45) is 5.30. The maximum atomic E-state index is 11.6. The summed E-state index contributed by atoms with van der Waals surface area (Å²) in [5.74, 6) is 0.334. The molecule has 2 rings (SSSR count). The van der Waals surface area contributed by atoms with Gasteiger partial charge in [-0.2, -0.15) is 0 Å². The second-order valence-electron chi connectivity index (χ2n) is 4.55. The van der Waals surface area contributed by atoms with Crippen molar-refractivity contribution in [3.63, 3.8) is 0 Å². The first kappa shape index (κ1) is 10.6. The summed E-state index contributed by atoms with van der Waals surface area (Å²) >= 11 is 0. The molecular weight excluding hydrogens is 192 g/mol. The summed E-state index contributed by atoms with van der Waals surface area (Å²) in [5, 5.41) is 3.03. The minimum Gasteiger partial charge on any atom is -0.352 e. The number of likely N-dealkylation sites (tertiary alicyclic amines) is 1. The van der Waals surface area contributed by atoms with E-state index in [0.29, 0.717) is 25.6 Å². The Balaban J connectivity index is 1.70. The van der Waals surface area contributed by atoms with Crippen LogP contribution in [0.3, 0.4) is 0 Å². The van der Waals surface area contributed by atoms with Gasteiger partial charge in [-0.15, -0.1) is 0 Å². The van der Waals surface area contributed by atoms with E-state index in [1.807, 2.05) is 4.90 Å². The van der Waals surface area contributed by atoms with Crippen LogP contribution in [0.2, 0.25) is 0 Å². The van der Waals surface area contributed by atoms with E-state index in [4.69, 9.17) is 0 Å². The molecule has 4 heteroatoms. The number of carbonyl (C=O) groups is 2. The lowest BCUT2D eigenvalue weighted by Gasteiger charge is -2.16. The summed E-state index contributed by atoms with van der Waals surface area (Å²) in [6, 6.07) is 0.385. The van der Waals surface area contributed by atoms with Gasteiger partial charge in [-0.25, -0.2) is 0 Å². The summed E-state index contributed by atoms with van der Waals surface area (Å²) in [4.78, 5) is 24.5. The van der Waals surface area contributed by atoms with Crippen molar-refractivity contribution < 1.29 is 9.59 Å². The average molecular weight is 210 g/mol. The molecule has 2 aliphatic rings. The SMILES string of the molecule is O=C1CCN(CC(=O)NC2CCCC2)C1. The first-order valence-electron chi connectivity index (χ1n) is 5.77. The third-order valence-electron chi connectivity index (χ3n) is 3.19. The molecule has 1 saturated carbocycles. The summed E-state index contributed by atoms with van der Waals surface area (Å²) in [6.45, 7) is 1.59. The van der Waals surface area contributed by atoms with E-state index in [1.54, 1.807) is 0 Å². The fraction of sp³-hybridized carbons (Fsp3) is 0.818. The van der Waals surface area contributed by atoms with E-state index in [1.165, 1.54) is 12.8 Å². The quantitative estimate of drug-likeness (QED) is 0.730. The summed E-state index contributed by atoms with van der Waals surface area (Å²) in [7, 11) is 0. The number of nitrogens with one attached hydrogen (secondary N) is 1. The van der Waals surface area contributed by atoms with E-state index in [0.717, 1.165) is 19.4 Å². The molecular formula is C11H18N2O2. The number of amides is 1. The lowest BCUT2D eigenvalue weighted by Crippen LogP contribution is -2.40. The molecule has 0 bridgehead atoms. The molecule has 1 heterocycles. The normalized spacial score (nSPS) is 23.6. The molecule has 0 aromatic carbocycles. The molecule has 1 amide bonds. The van der Waals surface area contributed by atoms with Crippen LogP contribution in [0, 0.1) is 0 Å². The molecule has 84 valence electrons. The third-order valence-corrected chi connectivity index (χ3v) is 3.19. The van der Waals surface area contributed by atoms with Crippen LogP contribution in [0.1, 0.15) is 32.1 Å². The van der Waals surface area contributed by atoms with Crippen molar-refractivity contribution in [1.29, 1.82) is 0 Å². The van der Waals surface area contributed by atoms with Crippen LogP contribution < -0.4 is 5.32 Å². The van der Waals surface area contributed by atoms with E-state index in [9.17, 15) is 9.59 Å². The van der Waals surface area contributed by atoms with Gasteiger partial charge in [-0.3, -0.25) is 14.5 Å². The zero-order valence-corrected chi connectivity index (χ0v) is 9.00. The first-order chi connectivity index (χ1) is 7.24. The predicted molar refractivity (Wildman–Crippen MR) is 56.5 cm³/mol. The van der Waals surface area contributed by atoms with Crippen LogP contribution in [0.5, 0.6) is 0 Å². The molecule has 0 radical (unpaired) electrons. The van der Waals surface area contributed by atoms with Gasteiger partial charge in [-0.1, -0.05) is 12.8 Å². The number of hydrogen-bond acceptors (Lipinski definition) is 3. The highest BCUT2D eigenvalue weighted by atomic mass is 16.2. The minimum atomic E-state index is 0.0802. The Morgan fingerprint density at radius 2 is 2.13 bits per heavy atom. The standard InChI is InChI=1S/C11H18N2O2/c14-10-5-6-13(7-10)8-11(15)12-9-3-1-2-4-9/h9H,1-8H2,(H,12,15). The van der Waals surface area contributed by atoms with Crippen molar-refractivity contribution in [3.05, 3.63) is 0 Å². The smallest absolute Gasteiger partial charge is 0.234 e. The minimum absolute atomic E-state index is 0.0802. The van der Waals surface area contributed by atoms with Gasteiger partial charge in [-0.05, 0) is 12.8 Å². The predicted octanol–water partition coefficient (Wildman–Crippen LogP) is 0.320. The first-order valence-corrected chi connectivity index (χ1v) is 5.77. The zero-order chi connectivity index (χ0) is 10.7. The highest BCUT2D eigenvalue weighted by Gasteiger charge is 2.23. The molecule has 1 N–H and O–H groups in total. The van der Waals surface area contributed by atoms with E-state index in [2.05, 4.69) is 5.32 Å². The van der Waals surface area contributed by atoms with Gasteiger partial charge >= 0.3 is 0 Å². The Hall–Kier alpha value is -0.900. The van der Waals surface area contributed by atoms with Gasteiger partial charge in [0.1, 0.15) is 5.78 Å². The molecule has 15 heavy (non-hydrogen) atoms. The third kappa shape index (κ3) is 3.02. The van der Waals surface area contributed by atoms with Gasteiger partial charge in [0, 0.05) is 19.0 Å². The number of ketones is 1. The Morgan fingerprint density at radius 3 is 2.73 bits per heavy atom. The van der Waals surface area contributed by atoms with Crippen molar-refractivity contribution in [1.82, 2.24) is 10.2 Å². The maximum Gasteiger partial charge on any atom is 0.234 e. The second kappa shape index (κ2) is 4.75. The van der Waals surface area contributed by atoms with Crippen LogP contribution in [0.4, 0.5) is 0 Å². The van der Waals surface area contributed by atoms with Gasteiger partial charge in [0.05, 0.1) is 13.1 Å². The number of rotatable bonds is 3. The Kier molecular flexibility index (Phi) is 3.36. The fourth-order valence-corrected chi connectivity index (χ4v) is 2.37. The topological polar surface area (TPSA) is 49.4 Å². The Morgan fingerprint density at radius 1 is 1.40 bits per heavy atom. The van der Waals surface area contributed by atoms with Crippen molar-refractivity contribution in [3.8, 4) is 0 Å². The molecule has 0 aromatic heterocycles. The van der Waals surface area contributed by atoms with Crippen molar-refractivity contribution in [2.24, 2.45) is 0 Å². The number of nitrogens with zero attached hydrogens (tertiary/aromatic N) is 1. The Labute approximate surface area is 90.0 Å². The largest absolute Gasteiger partial charge is 0.352 e. The molecule has 0 unspecified atom stereocenters. The fourth-order valence-electron chi connectivity index (χ4n) is 2.37. The number of Topliss-reactive ketones (excluding diaryl/α,β-unsaturated/α-hetero) is 1. The molecule has 0 aromatic rings. The molecule has 2 fully saturated rings. The van der Waals surface area contributed by atoms with Crippen LogP contribution >= 0.6 is 0 Å². The molecule has 0 spiro atoms. The summed E-state index contributed by atoms with van der Waals surface area (Å²) in [5.41, 5.74) is 0. The van der Waals surface area contributed by atoms with Crippen molar-refractivity contribution in [2.45, 2.75) is 38.1 Å². The van der Waals surface area contributed by atoms with Crippen molar-refractivity contribution >= 4 is 11.7 Å². The van der Waals surface area contributed by atoms with Gasteiger partial charge in [0.2, 0.25) is 5.91 Å². The van der Waals surface area contributed by atoms with Crippen LogP contribution in [0.25, 0.3) is 0 Å². The van der Waals surface area contributed by atoms with Gasteiger partial charge < -0.3 is 5.32 Å². The monoisotopic (exact) mass is 210 g/mol. The highest BCUT2D eigenvalue weighted by molar-refractivity contribution is 5.84. The lowest BCUT2D eigenvalue weighted by atomic mass is 10.2. The van der Waals surface area contributed by atoms with E-state index >= 15 is 0 Å². The van der Waals surface area contributed by atoms with Crippen molar-refractivity contribution in [2.75, 3.05) is 19.6 Å². The number of carbonyl (C=O) groups excluding carboxylic acids is 2. The second-order valence-corrected chi connectivity index (χ2v) is 4.55. The highest BCUT2D eigenvalue weighted by Crippen LogP contribution is 2.17. The van der Waals surface area contributed by atoms with Crippen LogP contribution in [-0.4, -0.2) is 42.3 Å².